The standard InChI is InChI=1S/C20H29NO2/c1-15-10-18-8-9-21(13-20(18,14-23)11-16(15)2)19(12-22)17-6-4-3-5-7-17/h3-7,18-19,22-23H,8-14H2,1-2H3/t18-,19-,20-/m0/s1. The first-order valence-electron chi connectivity index (χ1n) is 8.75. The summed E-state index contributed by atoms with van der Waals surface area (Å²) in [6.45, 7) is 6.69. The minimum atomic E-state index is -0.0377. The smallest absolute Gasteiger partial charge is 0.0628 e. The summed E-state index contributed by atoms with van der Waals surface area (Å²) >= 11 is 0. The van der Waals surface area contributed by atoms with Gasteiger partial charge in [0.15, 0.2) is 0 Å². The molecule has 3 rings (SSSR count). The topological polar surface area (TPSA) is 43.7 Å². The van der Waals surface area contributed by atoms with Crippen molar-refractivity contribution in [1.82, 2.24) is 4.90 Å². The maximum atomic E-state index is 10.2. The molecule has 0 saturated carbocycles. The van der Waals surface area contributed by atoms with Crippen molar-refractivity contribution < 1.29 is 10.2 Å². The fourth-order valence-electron chi connectivity index (χ4n) is 4.59. The van der Waals surface area contributed by atoms with Gasteiger partial charge in [0.2, 0.25) is 0 Å². The van der Waals surface area contributed by atoms with Gasteiger partial charge in [-0.2, -0.15) is 0 Å². The number of aliphatic hydroxyl groups excluding tert-OH is 2. The molecule has 0 amide bonds. The van der Waals surface area contributed by atoms with Crippen LogP contribution < -0.4 is 0 Å². The Morgan fingerprint density at radius 1 is 1.17 bits per heavy atom. The average Bonchev–Trinajstić information content (AvgIpc) is 2.58. The third-order valence-electron chi connectivity index (χ3n) is 6.16. The second kappa shape index (κ2) is 6.76. The molecule has 3 nitrogen and oxygen atoms in total. The van der Waals surface area contributed by atoms with Gasteiger partial charge in [0.1, 0.15) is 0 Å². The number of fused-ring (bicyclic) bond motifs is 1. The number of allylic oxidation sites excluding steroid dienone is 2. The van der Waals surface area contributed by atoms with Gasteiger partial charge in [0, 0.05) is 12.0 Å². The van der Waals surface area contributed by atoms with Crippen LogP contribution in [0.15, 0.2) is 41.5 Å². The maximum absolute atomic E-state index is 10.2. The van der Waals surface area contributed by atoms with Crippen molar-refractivity contribution in [3.05, 3.63) is 47.0 Å². The highest BCUT2D eigenvalue weighted by atomic mass is 16.3. The van der Waals surface area contributed by atoms with Gasteiger partial charge in [-0.05, 0) is 51.1 Å². The molecular formula is C20H29NO2. The molecule has 0 aromatic heterocycles. The normalized spacial score (nSPS) is 30.2. The van der Waals surface area contributed by atoms with E-state index in [1.165, 1.54) is 16.7 Å². The number of nitrogens with zero attached hydrogens (tertiary/aromatic N) is 1. The fraction of sp³-hybridized carbons (Fsp3) is 0.600. The summed E-state index contributed by atoms with van der Waals surface area (Å²) in [7, 11) is 0. The van der Waals surface area contributed by atoms with E-state index in [4.69, 9.17) is 0 Å². The first-order chi connectivity index (χ1) is 11.1. The number of hydrogen-bond donors (Lipinski definition) is 2. The Morgan fingerprint density at radius 3 is 2.57 bits per heavy atom. The van der Waals surface area contributed by atoms with Crippen LogP contribution >= 0.6 is 0 Å². The van der Waals surface area contributed by atoms with Gasteiger partial charge < -0.3 is 10.2 Å². The van der Waals surface area contributed by atoms with Crippen molar-refractivity contribution >= 4 is 0 Å². The Kier molecular flexibility index (Phi) is 4.90. The predicted molar refractivity (Wildman–Crippen MR) is 93.1 cm³/mol. The highest BCUT2D eigenvalue weighted by molar-refractivity contribution is 5.22. The molecule has 1 aromatic carbocycles. The molecule has 126 valence electrons. The zero-order chi connectivity index (χ0) is 16.4. The molecule has 2 aliphatic rings. The van der Waals surface area contributed by atoms with E-state index in [1.807, 2.05) is 18.2 Å². The molecule has 0 spiro atoms. The van der Waals surface area contributed by atoms with Gasteiger partial charge in [-0.1, -0.05) is 41.5 Å². The highest BCUT2D eigenvalue weighted by Gasteiger charge is 2.46. The lowest BCUT2D eigenvalue weighted by Crippen LogP contribution is -2.53. The van der Waals surface area contributed by atoms with Gasteiger partial charge in [-0.25, -0.2) is 0 Å². The summed E-state index contributed by atoms with van der Waals surface area (Å²) in [5.41, 5.74) is 4.08. The largest absolute Gasteiger partial charge is 0.396 e. The van der Waals surface area contributed by atoms with Crippen molar-refractivity contribution in [2.24, 2.45) is 11.3 Å². The van der Waals surface area contributed by atoms with Crippen LogP contribution in [0.4, 0.5) is 0 Å². The lowest BCUT2D eigenvalue weighted by Gasteiger charge is -2.52. The average molecular weight is 315 g/mol. The maximum Gasteiger partial charge on any atom is 0.0628 e. The van der Waals surface area contributed by atoms with Gasteiger partial charge in [0.25, 0.3) is 0 Å². The van der Waals surface area contributed by atoms with E-state index in [9.17, 15) is 10.2 Å². The monoisotopic (exact) mass is 315 g/mol. The van der Waals surface area contributed by atoms with E-state index < -0.39 is 0 Å². The summed E-state index contributed by atoms with van der Waals surface area (Å²) in [4.78, 5) is 2.38. The van der Waals surface area contributed by atoms with Gasteiger partial charge >= 0.3 is 0 Å². The van der Waals surface area contributed by atoms with Gasteiger partial charge in [0.05, 0.1) is 19.3 Å². The van der Waals surface area contributed by atoms with Crippen LogP contribution in [-0.2, 0) is 0 Å². The Bertz CT molecular complexity index is 568. The molecule has 1 fully saturated rings. The predicted octanol–water partition coefficient (Wildman–Crippen LogP) is 3.15. The number of benzene rings is 1. The van der Waals surface area contributed by atoms with E-state index in [0.29, 0.717) is 5.92 Å². The zero-order valence-electron chi connectivity index (χ0n) is 14.3. The summed E-state index contributed by atoms with van der Waals surface area (Å²) < 4.78 is 0. The second-order valence-electron chi connectivity index (χ2n) is 7.53. The highest BCUT2D eigenvalue weighted by Crippen LogP contribution is 2.49. The molecule has 3 atom stereocenters. The molecule has 1 aromatic rings. The Hall–Kier alpha value is -1.16. The SMILES string of the molecule is CC1=C(C)C[C@@]2(CO)CN([C@@H](CO)c3ccccc3)CC[C@H]2C1. The fourth-order valence-corrected chi connectivity index (χ4v) is 4.59. The second-order valence-corrected chi connectivity index (χ2v) is 7.53. The van der Waals surface area contributed by atoms with Crippen molar-refractivity contribution in [2.75, 3.05) is 26.3 Å². The van der Waals surface area contributed by atoms with Crippen LogP contribution in [0.25, 0.3) is 0 Å². The van der Waals surface area contributed by atoms with Crippen LogP contribution in [0.1, 0.15) is 44.7 Å². The summed E-state index contributed by atoms with van der Waals surface area (Å²) in [6, 6.07) is 10.3. The molecule has 23 heavy (non-hydrogen) atoms. The van der Waals surface area contributed by atoms with Crippen molar-refractivity contribution in [2.45, 2.75) is 39.2 Å². The van der Waals surface area contributed by atoms with Crippen LogP contribution in [0.5, 0.6) is 0 Å². The first kappa shape index (κ1) is 16.7. The number of rotatable bonds is 4. The molecule has 0 bridgehead atoms. The van der Waals surface area contributed by atoms with Gasteiger partial charge in [-0.15, -0.1) is 0 Å². The quantitative estimate of drug-likeness (QED) is 0.839. The Balaban J connectivity index is 1.84. The van der Waals surface area contributed by atoms with E-state index in [0.717, 1.165) is 32.4 Å². The molecule has 1 aliphatic heterocycles. The van der Waals surface area contributed by atoms with E-state index in [1.54, 1.807) is 0 Å². The minimum absolute atomic E-state index is 0.0351. The van der Waals surface area contributed by atoms with Crippen molar-refractivity contribution in [3.63, 3.8) is 0 Å². The van der Waals surface area contributed by atoms with E-state index in [-0.39, 0.29) is 24.7 Å². The minimum Gasteiger partial charge on any atom is -0.396 e. The first-order valence-corrected chi connectivity index (χ1v) is 8.75. The molecule has 1 heterocycles. The number of likely N-dealkylation sites (tertiary alicyclic amines) is 1. The van der Waals surface area contributed by atoms with Crippen LogP contribution in [0, 0.1) is 11.3 Å². The van der Waals surface area contributed by atoms with E-state index >= 15 is 0 Å². The lowest BCUT2D eigenvalue weighted by molar-refractivity contribution is -0.0473. The van der Waals surface area contributed by atoms with Crippen LogP contribution in [0.2, 0.25) is 0 Å². The molecular weight excluding hydrogens is 286 g/mol. The third-order valence-corrected chi connectivity index (χ3v) is 6.16. The lowest BCUT2D eigenvalue weighted by atomic mass is 9.62. The molecule has 2 N–H and O–H groups in total. The molecule has 1 aliphatic carbocycles. The van der Waals surface area contributed by atoms with Gasteiger partial charge in [-0.3, -0.25) is 4.90 Å². The van der Waals surface area contributed by atoms with Crippen molar-refractivity contribution in [3.8, 4) is 0 Å². The number of aliphatic hydroxyl groups is 2. The molecule has 0 unspecified atom stereocenters. The Labute approximate surface area is 139 Å². The number of hydrogen-bond acceptors (Lipinski definition) is 3. The summed E-state index contributed by atoms with van der Waals surface area (Å²) in [6.07, 6.45) is 3.22. The van der Waals surface area contributed by atoms with E-state index in [2.05, 4.69) is 30.9 Å². The van der Waals surface area contributed by atoms with Crippen LogP contribution in [0.3, 0.4) is 0 Å². The zero-order valence-corrected chi connectivity index (χ0v) is 14.3. The van der Waals surface area contributed by atoms with Crippen molar-refractivity contribution in [1.29, 1.82) is 0 Å². The third kappa shape index (κ3) is 3.10. The molecule has 0 radical (unpaired) electrons. The Morgan fingerprint density at radius 2 is 1.91 bits per heavy atom. The summed E-state index contributed by atoms with van der Waals surface area (Å²) in [5, 5.41) is 20.2. The van der Waals surface area contributed by atoms with Crippen LogP contribution in [-0.4, -0.2) is 41.4 Å². The molecule has 1 saturated heterocycles. The number of piperidine rings is 1. The summed E-state index contributed by atoms with van der Waals surface area (Å²) in [5.74, 6) is 0.572. The molecule has 3 heteroatoms.